The maximum atomic E-state index is 11.7. The zero-order valence-electron chi connectivity index (χ0n) is 13.9. The number of nitrogens with one attached hydrogen (secondary N) is 1. The minimum atomic E-state index is -0.741. The van der Waals surface area contributed by atoms with Crippen molar-refractivity contribution in [2.75, 3.05) is 11.6 Å². The van der Waals surface area contributed by atoms with E-state index in [1.54, 1.807) is 12.4 Å². The van der Waals surface area contributed by atoms with Gasteiger partial charge >= 0.3 is 0 Å². The van der Waals surface area contributed by atoms with Crippen LogP contribution in [0.2, 0.25) is 0 Å². The van der Waals surface area contributed by atoms with Crippen molar-refractivity contribution in [3.05, 3.63) is 12.4 Å². The summed E-state index contributed by atoms with van der Waals surface area (Å²) in [5, 5.41) is 3.76. The first-order valence-corrected chi connectivity index (χ1v) is 10.4. The van der Waals surface area contributed by atoms with Crippen molar-refractivity contribution in [1.29, 1.82) is 0 Å². The van der Waals surface area contributed by atoms with E-state index in [-0.39, 0.29) is 6.10 Å². The average Bonchev–Trinajstić information content (AvgIpc) is 2.56. The van der Waals surface area contributed by atoms with E-state index in [0.717, 1.165) is 44.3 Å². The topological polar surface area (TPSA) is 64.1 Å². The van der Waals surface area contributed by atoms with E-state index in [1.807, 2.05) is 6.26 Å². The van der Waals surface area contributed by atoms with Gasteiger partial charge < -0.3 is 10.1 Å². The SMILES string of the molecule is CS(=O)C1CCCC(Nc2cncc(OC3CCCCC3)n2)C1. The molecule has 2 aliphatic carbocycles. The highest BCUT2D eigenvalue weighted by Gasteiger charge is 2.24. The molecule has 6 heteroatoms. The molecule has 2 fully saturated rings. The molecule has 23 heavy (non-hydrogen) atoms. The minimum Gasteiger partial charge on any atom is -0.473 e. The number of aromatic nitrogens is 2. The number of anilines is 1. The molecule has 0 bridgehead atoms. The van der Waals surface area contributed by atoms with E-state index < -0.39 is 10.8 Å². The summed E-state index contributed by atoms with van der Waals surface area (Å²) in [6.45, 7) is 0. The van der Waals surface area contributed by atoms with Gasteiger partial charge in [-0.25, -0.2) is 0 Å². The summed E-state index contributed by atoms with van der Waals surface area (Å²) >= 11 is 0. The molecule has 128 valence electrons. The molecule has 1 N–H and O–H groups in total. The largest absolute Gasteiger partial charge is 0.473 e. The van der Waals surface area contributed by atoms with E-state index >= 15 is 0 Å². The third-order valence-corrected chi connectivity index (χ3v) is 6.27. The maximum absolute atomic E-state index is 11.7. The number of hydrogen-bond donors (Lipinski definition) is 1. The molecule has 0 aromatic carbocycles. The molecule has 1 aromatic rings. The molecular weight excluding hydrogens is 310 g/mol. The fourth-order valence-electron chi connectivity index (χ4n) is 3.61. The number of hydrogen-bond acceptors (Lipinski definition) is 5. The summed E-state index contributed by atoms with van der Waals surface area (Å²) in [6.07, 6.45) is 15.8. The Morgan fingerprint density at radius 3 is 2.74 bits per heavy atom. The third-order valence-electron chi connectivity index (χ3n) is 4.90. The lowest BCUT2D eigenvalue weighted by molar-refractivity contribution is 0.148. The second-order valence-corrected chi connectivity index (χ2v) is 8.41. The second-order valence-electron chi connectivity index (χ2n) is 6.75. The lowest BCUT2D eigenvalue weighted by Gasteiger charge is -2.29. The van der Waals surface area contributed by atoms with E-state index in [9.17, 15) is 4.21 Å². The van der Waals surface area contributed by atoms with Gasteiger partial charge in [0.15, 0.2) is 0 Å². The van der Waals surface area contributed by atoms with Crippen molar-refractivity contribution < 1.29 is 8.95 Å². The van der Waals surface area contributed by atoms with E-state index in [4.69, 9.17) is 4.74 Å². The number of rotatable bonds is 5. The third kappa shape index (κ3) is 4.90. The van der Waals surface area contributed by atoms with Crippen LogP contribution in [-0.2, 0) is 10.8 Å². The van der Waals surface area contributed by atoms with E-state index in [1.165, 1.54) is 19.3 Å². The Balaban J connectivity index is 1.57. The minimum absolute atomic E-state index is 0.287. The molecule has 2 saturated carbocycles. The van der Waals surface area contributed by atoms with Crippen LogP contribution < -0.4 is 10.1 Å². The molecule has 2 aliphatic rings. The lowest BCUT2D eigenvalue weighted by atomic mass is 9.95. The van der Waals surface area contributed by atoms with Crippen molar-refractivity contribution in [2.45, 2.75) is 75.2 Å². The van der Waals surface area contributed by atoms with Crippen molar-refractivity contribution in [3.63, 3.8) is 0 Å². The molecule has 1 heterocycles. The molecule has 0 saturated heterocycles. The fraction of sp³-hybridized carbons (Fsp3) is 0.765. The Bertz CT molecular complexity index is 534. The van der Waals surface area contributed by atoms with Gasteiger partial charge in [0.05, 0.1) is 12.4 Å². The Labute approximate surface area is 141 Å². The van der Waals surface area contributed by atoms with Crippen LogP contribution in [0.25, 0.3) is 0 Å². The van der Waals surface area contributed by atoms with Crippen molar-refractivity contribution >= 4 is 16.6 Å². The van der Waals surface area contributed by atoms with Crippen molar-refractivity contribution in [1.82, 2.24) is 9.97 Å². The molecule has 0 radical (unpaired) electrons. The summed E-state index contributed by atoms with van der Waals surface area (Å²) in [7, 11) is -0.741. The monoisotopic (exact) mass is 337 g/mol. The molecule has 0 amide bonds. The van der Waals surface area contributed by atoms with Gasteiger partial charge in [0.2, 0.25) is 5.88 Å². The fourth-order valence-corrected chi connectivity index (χ4v) is 4.62. The number of ether oxygens (including phenoxy) is 1. The molecule has 1 aromatic heterocycles. The van der Waals surface area contributed by atoms with Gasteiger partial charge in [-0.05, 0) is 44.9 Å². The molecule has 5 nitrogen and oxygen atoms in total. The van der Waals surface area contributed by atoms with Gasteiger partial charge in [-0.2, -0.15) is 4.98 Å². The molecule has 0 spiro atoms. The van der Waals surface area contributed by atoms with Crippen LogP contribution in [0.5, 0.6) is 5.88 Å². The first kappa shape index (κ1) is 16.7. The van der Waals surface area contributed by atoms with Crippen molar-refractivity contribution in [3.8, 4) is 5.88 Å². The first-order chi connectivity index (χ1) is 11.2. The van der Waals surface area contributed by atoms with Gasteiger partial charge in [-0.3, -0.25) is 9.19 Å². The van der Waals surface area contributed by atoms with Gasteiger partial charge in [-0.1, -0.05) is 12.8 Å². The van der Waals surface area contributed by atoms with Gasteiger partial charge in [-0.15, -0.1) is 0 Å². The normalized spacial score (nSPS) is 27.3. The van der Waals surface area contributed by atoms with Gasteiger partial charge in [0.25, 0.3) is 0 Å². The Morgan fingerprint density at radius 1 is 1.13 bits per heavy atom. The van der Waals surface area contributed by atoms with Crippen molar-refractivity contribution in [2.24, 2.45) is 0 Å². The molecule has 3 unspecified atom stereocenters. The second kappa shape index (κ2) is 8.08. The van der Waals surface area contributed by atoms with Crippen LogP contribution in [0, 0.1) is 0 Å². The number of nitrogens with zero attached hydrogens (tertiary/aromatic N) is 2. The highest BCUT2D eigenvalue weighted by atomic mass is 32.2. The zero-order chi connectivity index (χ0) is 16.1. The summed E-state index contributed by atoms with van der Waals surface area (Å²) < 4.78 is 17.7. The Morgan fingerprint density at radius 2 is 1.96 bits per heavy atom. The predicted molar refractivity (Wildman–Crippen MR) is 93.3 cm³/mol. The highest BCUT2D eigenvalue weighted by Crippen LogP contribution is 2.26. The molecular formula is C17H27N3O2S. The van der Waals surface area contributed by atoms with Crippen LogP contribution in [0.15, 0.2) is 12.4 Å². The standard InChI is InChI=1S/C17H27N3O2S/c1-23(21)15-9-5-6-13(10-15)19-16-11-18-12-17(20-16)22-14-7-3-2-4-8-14/h11-15H,2-10H2,1H3,(H,19,20). The van der Waals surface area contributed by atoms with E-state index in [0.29, 0.717) is 17.2 Å². The Hall–Kier alpha value is -1.17. The highest BCUT2D eigenvalue weighted by molar-refractivity contribution is 7.84. The Kier molecular flexibility index (Phi) is 5.86. The summed E-state index contributed by atoms with van der Waals surface area (Å²) in [5.41, 5.74) is 0. The van der Waals surface area contributed by atoms with Crippen LogP contribution in [-0.4, -0.2) is 37.8 Å². The first-order valence-electron chi connectivity index (χ1n) is 8.78. The molecule has 3 atom stereocenters. The smallest absolute Gasteiger partial charge is 0.234 e. The predicted octanol–water partition coefficient (Wildman–Crippen LogP) is 3.29. The van der Waals surface area contributed by atoms with E-state index in [2.05, 4.69) is 15.3 Å². The average molecular weight is 337 g/mol. The van der Waals surface area contributed by atoms with Gasteiger partial charge in [0, 0.05) is 28.3 Å². The maximum Gasteiger partial charge on any atom is 0.234 e. The summed E-state index contributed by atoms with van der Waals surface area (Å²) in [6, 6.07) is 0.330. The summed E-state index contributed by atoms with van der Waals surface area (Å²) in [4.78, 5) is 8.82. The van der Waals surface area contributed by atoms with Crippen LogP contribution >= 0.6 is 0 Å². The van der Waals surface area contributed by atoms with Crippen LogP contribution in [0.3, 0.4) is 0 Å². The molecule has 3 rings (SSSR count). The molecule has 0 aliphatic heterocycles. The lowest BCUT2D eigenvalue weighted by Crippen LogP contribution is -2.32. The zero-order valence-corrected chi connectivity index (χ0v) is 14.7. The van der Waals surface area contributed by atoms with Crippen LogP contribution in [0.4, 0.5) is 5.82 Å². The van der Waals surface area contributed by atoms with Gasteiger partial charge in [0.1, 0.15) is 11.9 Å². The van der Waals surface area contributed by atoms with Crippen LogP contribution in [0.1, 0.15) is 57.8 Å². The quantitative estimate of drug-likeness (QED) is 0.893. The summed E-state index contributed by atoms with van der Waals surface area (Å²) in [5.74, 6) is 1.39.